The number of hydrogen-bond acceptors (Lipinski definition) is 3. The van der Waals surface area contributed by atoms with E-state index in [1.54, 1.807) is 6.07 Å². The molecule has 0 atom stereocenters. The summed E-state index contributed by atoms with van der Waals surface area (Å²) in [6, 6.07) is 3.10. The highest BCUT2D eigenvalue weighted by Gasteiger charge is 2.16. The number of carboxylic acids is 1. The maximum atomic E-state index is 10.9. The Morgan fingerprint density at radius 2 is 2.00 bits per heavy atom. The predicted molar refractivity (Wildman–Crippen MR) is 54.2 cm³/mol. The summed E-state index contributed by atoms with van der Waals surface area (Å²) in [7, 11) is 2.91. The van der Waals surface area contributed by atoms with Crippen LogP contribution in [0.2, 0.25) is 0 Å². The molecule has 76 valence electrons. The molecule has 4 nitrogen and oxygen atoms in total. The van der Waals surface area contributed by atoms with Gasteiger partial charge in [0.05, 0.1) is 14.2 Å². The molecule has 0 saturated heterocycles. The number of aromatic carboxylic acids is 1. The number of carboxylic acid groups (broad SMARTS) is 1. The molecular formula is C9H9BrO4. The molecule has 0 aliphatic heterocycles. The number of rotatable bonds is 3. The van der Waals surface area contributed by atoms with Crippen LogP contribution in [0, 0.1) is 0 Å². The first-order valence-corrected chi connectivity index (χ1v) is 4.54. The fourth-order valence-electron chi connectivity index (χ4n) is 1.04. The molecule has 0 amide bonds. The molecule has 14 heavy (non-hydrogen) atoms. The van der Waals surface area contributed by atoms with Crippen LogP contribution in [-0.2, 0) is 0 Å². The standard InChI is InChI=1S/C9H9BrO4/c1-13-5-3-6(10)8(9(11)12)7(4-5)14-2/h3-4H,1-2H3,(H,11,12). The Morgan fingerprint density at radius 1 is 1.36 bits per heavy atom. The summed E-state index contributed by atoms with van der Waals surface area (Å²) in [6.07, 6.45) is 0. The minimum absolute atomic E-state index is 0.0910. The molecule has 0 unspecified atom stereocenters. The molecular weight excluding hydrogens is 252 g/mol. The predicted octanol–water partition coefficient (Wildman–Crippen LogP) is 2.16. The van der Waals surface area contributed by atoms with Gasteiger partial charge >= 0.3 is 5.97 Å². The largest absolute Gasteiger partial charge is 0.497 e. The molecule has 0 aliphatic rings. The number of benzene rings is 1. The van der Waals surface area contributed by atoms with Crippen LogP contribution in [0.3, 0.4) is 0 Å². The first kappa shape index (κ1) is 10.8. The van der Waals surface area contributed by atoms with Gasteiger partial charge in [0.15, 0.2) is 0 Å². The first-order valence-electron chi connectivity index (χ1n) is 3.75. The first-order chi connectivity index (χ1) is 6.60. The normalized spacial score (nSPS) is 9.64. The van der Waals surface area contributed by atoms with Crippen molar-refractivity contribution >= 4 is 21.9 Å². The van der Waals surface area contributed by atoms with Crippen LogP contribution >= 0.6 is 15.9 Å². The third kappa shape index (κ3) is 1.98. The Morgan fingerprint density at radius 3 is 2.43 bits per heavy atom. The SMILES string of the molecule is COc1cc(Br)c(C(=O)O)c(OC)c1. The van der Waals surface area contributed by atoms with Gasteiger partial charge in [0, 0.05) is 10.5 Å². The zero-order valence-electron chi connectivity index (χ0n) is 7.70. The molecule has 5 heteroatoms. The number of carbonyl (C=O) groups is 1. The molecule has 0 saturated carbocycles. The molecule has 0 spiro atoms. The highest BCUT2D eigenvalue weighted by Crippen LogP contribution is 2.32. The van der Waals surface area contributed by atoms with Gasteiger partial charge in [-0.05, 0) is 22.0 Å². The van der Waals surface area contributed by atoms with Crippen molar-refractivity contribution in [1.82, 2.24) is 0 Å². The third-order valence-electron chi connectivity index (χ3n) is 1.70. The zero-order valence-corrected chi connectivity index (χ0v) is 9.29. The van der Waals surface area contributed by atoms with E-state index in [1.165, 1.54) is 20.3 Å². The number of methoxy groups -OCH3 is 2. The molecule has 1 rings (SSSR count). The van der Waals surface area contributed by atoms with Crippen molar-refractivity contribution in [2.75, 3.05) is 14.2 Å². The van der Waals surface area contributed by atoms with Gasteiger partial charge < -0.3 is 14.6 Å². The minimum atomic E-state index is -1.05. The molecule has 0 aromatic heterocycles. The maximum absolute atomic E-state index is 10.9. The van der Waals surface area contributed by atoms with Crippen LogP contribution in [-0.4, -0.2) is 25.3 Å². The quantitative estimate of drug-likeness (QED) is 0.905. The smallest absolute Gasteiger partial charge is 0.340 e. The Kier molecular flexibility index (Phi) is 3.35. The van der Waals surface area contributed by atoms with Gasteiger partial charge in [0.2, 0.25) is 0 Å². The van der Waals surface area contributed by atoms with E-state index in [4.69, 9.17) is 14.6 Å². The topological polar surface area (TPSA) is 55.8 Å². The van der Waals surface area contributed by atoms with Crippen molar-refractivity contribution in [3.63, 3.8) is 0 Å². The second kappa shape index (κ2) is 4.32. The summed E-state index contributed by atoms with van der Waals surface area (Å²) in [6.45, 7) is 0. The molecule has 1 N–H and O–H groups in total. The van der Waals surface area contributed by atoms with Gasteiger partial charge in [-0.15, -0.1) is 0 Å². The second-order valence-electron chi connectivity index (χ2n) is 2.49. The summed E-state index contributed by atoms with van der Waals surface area (Å²) in [5.74, 6) is -0.237. The van der Waals surface area contributed by atoms with Crippen molar-refractivity contribution < 1.29 is 19.4 Å². The molecule has 0 radical (unpaired) electrons. The molecule has 0 fully saturated rings. The van der Waals surface area contributed by atoms with Gasteiger partial charge in [-0.3, -0.25) is 0 Å². The van der Waals surface area contributed by atoms with Crippen LogP contribution in [0.5, 0.6) is 11.5 Å². The number of ether oxygens (including phenoxy) is 2. The lowest BCUT2D eigenvalue weighted by atomic mass is 10.2. The van der Waals surface area contributed by atoms with Crippen molar-refractivity contribution in [3.8, 4) is 11.5 Å². The number of halogens is 1. The molecule has 0 aliphatic carbocycles. The van der Waals surface area contributed by atoms with Gasteiger partial charge in [-0.1, -0.05) is 0 Å². The van der Waals surface area contributed by atoms with E-state index in [0.29, 0.717) is 10.2 Å². The third-order valence-corrected chi connectivity index (χ3v) is 2.32. The molecule has 0 heterocycles. The van der Waals surface area contributed by atoms with E-state index in [9.17, 15) is 4.79 Å². The van der Waals surface area contributed by atoms with Crippen molar-refractivity contribution in [1.29, 1.82) is 0 Å². The van der Waals surface area contributed by atoms with Crippen molar-refractivity contribution in [2.45, 2.75) is 0 Å². The Hall–Kier alpha value is -1.23. The Balaban J connectivity index is 3.34. The van der Waals surface area contributed by atoms with Crippen LogP contribution in [0.15, 0.2) is 16.6 Å². The lowest BCUT2D eigenvalue weighted by molar-refractivity contribution is 0.0692. The van der Waals surface area contributed by atoms with Crippen LogP contribution in [0.25, 0.3) is 0 Å². The molecule has 0 bridgehead atoms. The maximum Gasteiger partial charge on any atom is 0.340 e. The zero-order chi connectivity index (χ0) is 10.7. The van der Waals surface area contributed by atoms with Crippen LogP contribution < -0.4 is 9.47 Å². The van der Waals surface area contributed by atoms with E-state index in [1.807, 2.05) is 0 Å². The van der Waals surface area contributed by atoms with Crippen LogP contribution in [0.4, 0.5) is 0 Å². The fraction of sp³-hybridized carbons (Fsp3) is 0.222. The lowest BCUT2D eigenvalue weighted by Crippen LogP contribution is -2.02. The monoisotopic (exact) mass is 260 g/mol. The fourth-order valence-corrected chi connectivity index (χ4v) is 1.63. The van der Waals surface area contributed by atoms with Gasteiger partial charge in [0.25, 0.3) is 0 Å². The van der Waals surface area contributed by atoms with Gasteiger partial charge in [-0.25, -0.2) is 4.79 Å². The highest BCUT2D eigenvalue weighted by atomic mass is 79.9. The van der Waals surface area contributed by atoms with E-state index < -0.39 is 5.97 Å². The Bertz CT molecular complexity index is 362. The Labute approximate surface area is 89.6 Å². The average Bonchev–Trinajstić information content (AvgIpc) is 2.15. The van der Waals surface area contributed by atoms with Crippen molar-refractivity contribution in [2.24, 2.45) is 0 Å². The van der Waals surface area contributed by atoms with E-state index in [2.05, 4.69) is 15.9 Å². The molecule has 1 aromatic carbocycles. The van der Waals surface area contributed by atoms with Crippen LogP contribution in [0.1, 0.15) is 10.4 Å². The second-order valence-corrected chi connectivity index (χ2v) is 3.35. The van der Waals surface area contributed by atoms with E-state index in [-0.39, 0.29) is 11.3 Å². The van der Waals surface area contributed by atoms with E-state index >= 15 is 0 Å². The minimum Gasteiger partial charge on any atom is -0.497 e. The summed E-state index contributed by atoms with van der Waals surface area (Å²) in [5, 5.41) is 8.89. The highest BCUT2D eigenvalue weighted by molar-refractivity contribution is 9.10. The van der Waals surface area contributed by atoms with Gasteiger partial charge in [-0.2, -0.15) is 0 Å². The van der Waals surface area contributed by atoms with E-state index in [0.717, 1.165) is 0 Å². The summed E-state index contributed by atoms with van der Waals surface area (Å²) in [4.78, 5) is 10.9. The summed E-state index contributed by atoms with van der Waals surface area (Å²) in [5.41, 5.74) is 0.0910. The lowest BCUT2D eigenvalue weighted by Gasteiger charge is -2.09. The molecule has 1 aromatic rings. The van der Waals surface area contributed by atoms with Crippen molar-refractivity contribution in [3.05, 3.63) is 22.2 Å². The average molecular weight is 261 g/mol. The summed E-state index contributed by atoms with van der Waals surface area (Å²) < 4.78 is 10.3. The summed E-state index contributed by atoms with van der Waals surface area (Å²) >= 11 is 3.14. The van der Waals surface area contributed by atoms with Gasteiger partial charge in [0.1, 0.15) is 17.1 Å². The number of hydrogen-bond donors (Lipinski definition) is 1.